The van der Waals surface area contributed by atoms with E-state index in [2.05, 4.69) is 24.5 Å². The van der Waals surface area contributed by atoms with E-state index in [9.17, 15) is 0 Å². The first-order chi connectivity index (χ1) is 15.7. The fourth-order valence-corrected chi connectivity index (χ4v) is 2.97. The first-order valence-electron chi connectivity index (χ1n) is 11.0. The SMILES string of the molecule is C[C@H](C[C@@H](C)[N-]c1ccccc1)[N-]c1ccccc1.[CH-]1CCCO1.[CH-]1CCCO1.[Cl][Zr][Cl]. The molecule has 0 unspecified atom stereocenters. The molecule has 0 aliphatic carbocycles. The summed E-state index contributed by atoms with van der Waals surface area (Å²) in [6, 6.07) is 20.8. The van der Waals surface area contributed by atoms with Crippen LogP contribution in [0.5, 0.6) is 0 Å². The van der Waals surface area contributed by atoms with Crippen LogP contribution in [-0.2, 0) is 30.3 Å². The van der Waals surface area contributed by atoms with Crippen molar-refractivity contribution in [2.45, 2.75) is 58.0 Å². The van der Waals surface area contributed by atoms with Crippen molar-refractivity contribution in [2.24, 2.45) is 0 Å². The summed E-state index contributed by atoms with van der Waals surface area (Å²) in [4.78, 5) is 0. The van der Waals surface area contributed by atoms with E-state index >= 15 is 0 Å². The summed E-state index contributed by atoms with van der Waals surface area (Å²) in [7, 11) is 9.87. The maximum atomic E-state index is 4.93. The van der Waals surface area contributed by atoms with Gasteiger partial charge in [0.2, 0.25) is 0 Å². The van der Waals surface area contributed by atoms with Crippen LogP contribution in [-0.4, -0.2) is 25.3 Å². The molecule has 2 fully saturated rings. The molecule has 0 saturated carbocycles. The van der Waals surface area contributed by atoms with Crippen LogP contribution in [0.25, 0.3) is 10.6 Å². The van der Waals surface area contributed by atoms with Gasteiger partial charge in [0.1, 0.15) is 0 Å². The van der Waals surface area contributed by atoms with Gasteiger partial charge in [-0.25, -0.2) is 13.2 Å². The molecule has 2 aliphatic rings. The average molecular weight is 557 g/mol. The van der Waals surface area contributed by atoms with Crippen molar-refractivity contribution in [3.63, 3.8) is 0 Å². The Morgan fingerprint density at radius 2 is 1.16 bits per heavy atom. The Morgan fingerprint density at radius 3 is 1.41 bits per heavy atom. The number of ether oxygens (including phenoxy) is 2. The van der Waals surface area contributed by atoms with Gasteiger partial charge in [0, 0.05) is 13.2 Å². The van der Waals surface area contributed by atoms with Crippen molar-refractivity contribution >= 4 is 28.4 Å². The summed E-state index contributed by atoms with van der Waals surface area (Å²) in [5, 5.41) is 9.36. The van der Waals surface area contributed by atoms with Crippen LogP contribution in [0.3, 0.4) is 0 Å². The zero-order valence-corrected chi connectivity index (χ0v) is 23.0. The van der Waals surface area contributed by atoms with E-state index < -0.39 is 20.8 Å². The van der Waals surface area contributed by atoms with E-state index in [0.717, 1.165) is 43.9 Å². The fourth-order valence-electron chi connectivity index (χ4n) is 2.97. The third-order valence-electron chi connectivity index (χ3n) is 4.34. The Kier molecular flexibility index (Phi) is 19.3. The summed E-state index contributed by atoms with van der Waals surface area (Å²) in [5.41, 5.74) is 2.09. The van der Waals surface area contributed by atoms with Gasteiger partial charge in [-0.15, -0.1) is 23.5 Å². The van der Waals surface area contributed by atoms with Crippen LogP contribution < -0.4 is 0 Å². The summed E-state index contributed by atoms with van der Waals surface area (Å²) < 4.78 is 9.64. The van der Waals surface area contributed by atoms with Crippen molar-refractivity contribution in [3.05, 3.63) is 84.5 Å². The van der Waals surface area contributed by atoms with E-state index in [1.54, 1.807) is 0 Å². The van der Waals surface area contributed by atoms with Crippen molar-refractivity contribution in [3.8, 4) is 0 Å². The third-order valence-corrected chi connectivity index (χ3v) is 4.34. The van der Waals surface area contributed by atoms with Crippen molar-refractivity contribution in [1.29, 1.82) is 0 Å². The molecule has 4 rings (SSSR count). The van der Waals surface area contributed by atoms with Crippen LogP contribution in [0.4, 0.5) is 11.4 Å². The van der Waals surface area contributed by atoms with Gasteiger partial charge in [-0.05, 0) is 0 Å². The Morgan fingerprint density at radius 1 is 0.781 bits per heavy atom. The fraction of sp³-hybridized carbons (Fsp3) is 0.440. The van der Waals surface area contributed by atoms with Gasteiger partial charge in [-0.1, -0.05) is 93.8 Å². The predicted octanol–water partition coefficient (Wildman–Crippen LogP) is 8.86. The Labute approximate surface area is 213 Å². The second-order valence-corrected chi connectivity index (χ2v) is 11.0. The summed E-state index contributed by atoms with van der Waals surface area (Å²) in [6.07, 6.45) is 5.71. The second-order valence-electron chi connectivity index (χ2n) is 7.29. The van der Waals surface area contributed by atoms with Gasteiger partial charge in [-0.3, -0.25) is 0 Å². The Bertz CT molecular complexity index is 574. The van der Waals surface area contributed by atoms with Crippen LogP contribution in [0.1, 0.15) is 46.0 Å². The predicted molar refractivity (Wildman–Crippen MR) is 133 cm³/mol. The number of rotatable bonds is 6. The molecule has 2 aromatic carbocycles. The molecule has 32 heavy (non-hydrogen) atoms. The van der Waals surface area contributed by atoms with Crippen LogP contribution in [0, 0.1) is 13.2 Å². The normalized spacial score (nSPS) is 16.0. The molecule has 178 valence electrons. The molecule has 0 bridgehead atoms. The van der Waals surface area contributed by atoms with E-state index in [1.165, 1.54) is 12.8 Å². The monoisotopic (exact) mass is 554 g/mol. The van der Waals surface area contributed by atoms with Crippen molar-refractivity contribution < 1.29 is 30.3 Å². The zero-order valence-electron chi connectivity index (χ0n) is 19.0. The van der Waals surface area contributed by atoms with E-state index in [-0.39, 0.29) is 12.1 Å². The summed E-state index contributed by atoms with van der Waals surface area (Å²) in [6.45, 7) is 9.90. The molecule has 0 amide bonds. The molecule has 2 atom stereocenters. The van der Waals surface area contributed by atoms with Gasteiger partial charge in [0.25, 0.3) is 0 Å². The standard InChI is InChI=1S/C17H20N2.2C4H7O.2ClH.Zr/c1-14(18-16-9-5-3-6-10-16)13-15(2)19-17-11-7-4-8-12-17;2*1-2-4-5-3-1;;;/h3-12,14-15H,13H2,1-2H3;2*3H,1-2,4H2;2*1H;/q-2;2*-1;;;+2/p-2/t14-,15-;;;;;/m1...../s1. The van der Waals surface area contributed by atoms with Crippen molar-refractivity contribution in [1.82, 2.24) is 0 Å². The zero-order chi connectivity index (χ0) is 23.3. The molecule has 2 saturated heterocycles. The minimum atomic E-state index is -0.826. The van der Waals surface area contributed by atoms with Crippen molar-refractivity contribution in [2.75, 3.05) is 13.2 Å². The minimum absolute atomic E-state index is 0.282. The molecule has 0 radical (unpaired) electrons. The molecule has 0 aromatic heterocycles. The van der Waals surface area contributed by atoms with Crippen LogP contribution >= 0.6 is 17.0 Å². The molecule has 2 aromatic rings. The quantitative estimate of drug-likeness (QED) is 0.334. The Hall–Kier alpha value is -0.577. The van der Waals surface area contributed by atoms with E-state index in [1.807, 2.05) is 73.9 Å². The first kappa shape index (κ1) is 29.5. The number of hydrogen-bond donors (Lipinski definition) is 0. The molecule has 2 aliphatic heterocycles. The number of hydrogen-bond acceptors (Lipinski definition) is 2. The molecule has 0 N–H and O–H groups in total. The van der Waals surface area contributed by atoms with Crippen LogP contribution in [0.2, 0.25) is 0 Å². The topological polar surface area (TPSA) is 46.7 Å². The first-order valence-corrected chi connectivity index (χ1v) is 17.3. The van der Waals surface area contributed by atoms with E-state index in [4.69, 9.17) is 26.5 Å². The summed E-state index contributed by atoms with van der Waals surface area (Å²) in [5.74, 6) is 0. The number of para-hydroxylation sites is 2. The number of halogens is 2. The molecule has 7 heteroatoms. The van der Waals surface area contributed by atoms with Gasteiger partial charge in [-0.2, -0.15) is 12.8 Å². The van der Waals surface area contributed by atoms with Gasteiger partial charge in [0.15, 0.2) is 0 Å². The number of nitrogens with zero attached hydrogens (tertiary/aromatic N) is 2. The molecule has 2 heterocycles. The van der Waals surface area contributed by atoms with E-state index in [0.29, 0.717) is 0 Å². The average Bonchev–Trinajstić information content (AvgIpc) is 3.55. The van der Waals surface area contributed by atoms with Gasteiger partial charge >= 0.3 is 37.9 Å². The molecular weight excluding hydrogens is 522 g/mol. The summed E-state index contributed by atoms with van der Waals surface area (Å²) >= 11 is -0.826. The van der Waals surface area contributed by atoms with Crippen LogP contribution in [0.15, 0.2) is 60.7 Å². The molecule has 0 spiro atoms. The van der Waals surface area contributed by atoms with Gasteiger partial charge in [0.05, 0.1) is 0 Å². The molecular formula is C25H34Cl2N2O2Zr-4. The Balaban J connectivity index is 0.000000316. The third kappa shape index (κ3) is 17.0. The molecule has 4 nitrogen and oxygen atoms in total. The van der Waals surface area contributed by atoms with Gasteiger partial charge < -0.3 is 20.1 Å². The second kappa shape index (κ2) is 21.0. The number of benzene rings is 2. The maximum absolute atomic E-state index is 4.93.